The zero-order valence-electron chi connectivity index (χ0n) is 13.0. The van der Waals surface area contributed by atoms with Gasteiger partial charge in [0.2, 0.25) is 0 Å². The van der Waals surface area contributed by atoms with Gasteiger partial charge in [-0.1, -0.05) is 37.3 Å². The number of rotatable bonds is 7. The van der Waals surface area contributed by atoms with Gasteiger partial charge >= 0.3 is 0 Å². The van der Waals surface area contributed by atoms with Crippen LogP contribution in [0.15, 0.2) is 54.6 Å². The van der Waals surface area contributed by atoms with E-state index in [1.54, 1.807) is 7.11 Å². The number of nitrogens with zero attached hydrogens (tertiary/aromatic N) is 1. The van der Waals surface area contributed by atoms with Gasteiger partial charge in [-0.3, -0.25) is 0 Å². The highest BCUT2D eigenvalue weighted by molar-refractivity contribution is 5.48. The van der Waals surface area contributed by atoms with Crippen LogP contribution in [-0.4, -0.2) is 27.2 Å². The van der Waals surface area contributed by atoms with Gasteiger partial charge in [-0.15, -0.1) is 0 Å². The standard InChI is InChI=1S/C18H24N2O/c1-4-19-18(15-8-6-5-7-9-15)14-20(2)16-10-12-17(21-3)13-11-16/h5-13,18-19H,4,14H2,1-3H3. The van der Waals surface area contributed by atoms with Crippen molar-refractivity contribution >= 4 is 5.69 Å². The predicted molar refractivity (Wildman–Crippen MR) is 89.1 cm³/mol. The van der Waals surface area contributed by atoms with Crippen LogP contribution in [0.2, 0.25) is 0 Å². The van der Waals surface area contributed by atoms with E-state index in [1.807, 2.05) is 12.1 Å². The van der Waals surface area contributed by atoms with E-state index < -0.39 is 0 Å². The third kappa shape index (κ3) is 4.23. The first-order valence-corrected chi connectivity index (χ1v) is 7.38. The molecule has 2 aromatic rings. The van der Waals surface area contributed by atoms with Crippen LogP contribution in [0.4, 0.5) is 5.69 Å². The number of anilines is 1. The maximum Gasteiger partial charge on any atom is 0.119 e. The molecule has 0 aliphatic heterocycles. The maximum atomic E-state index is 5.21. The van der Waals surface area contributed by atoms with E-state index in [9.17, 15) is 0 Å². The van der Waals surface area contributed by atoms with Crippen molar-refractivity contribution in [3.8, 4) is 5.75 Å². The van der Waals surface area contributed by atoms with E-state index in [4.69, 9.17) is 4.74 Å². The minimum atomic E-state index is 0.323. The Labute approximate surface area is 127 Å². The maximum absolute atomic E-state index is 5.21. The predicted octanol–water partition coefficient (Wildman–Crippen LogP) is 3.48. The second-order valence-electron chi connectivity index (χ2n) is 5.10. The smallest absolute Gasteiger partial charge is 0.119 e. The summed E-state index contributed by atoms with van der Waals surface area (Å²) < 4.78 is 5.21. The summed E-state index contributed by atoms with van der Waals surface area (Å²) in [5, 5.41) is 3.56. The molecule has 112 valence electrons. The summed E-state index contributed by atoms with van der Waals surface area (Å²) in [6.45, 7) is 4.02. The summed E-state index contributed by atoms with van der Waals surface area (Å²) in [6, 6.07) is 19.1. The van der Waals surface area contributed by atoms with E-state index in [-0.39, 0.29) is 0 Å². The van der Waals surface area contributed by atoms with Crippen LogP contribution < -0.4 is 15.0 Å². The van der Waals surface area contributed by atoms with Gasteiger partial charge in [0.25, 0.3) is 0 Å². The minimum absolute atomic E-state index is 0.323. The molecule has 0 saturated carbocycles. The number of hydrogen-bond donors (Lipinski definition) is 1. The van der Waals surface area contributed by atoms with Gasteiger partial charge in [0.1, 0.15) is 5.75 Å². The topological polar surface area (TPSA) is 24.5 Å². The third-order valence-electron chi connectivity index (χ3n) is 3.62. The molecule has 0 fully saturated rings. The van der Waals surface area contributed by atoms with E-state index in [0.717, 1.165) is 18.8 Å². The van der Waals surface area contributed by atoms with Crippen molar-refractivity contribution < 1.29 is 4.74 Å². The molecule has 0 aromatic heterocycles. The first-order chi connectivity index (χ1) is 10.2. The highest BCUT2D eigenvalue weighted by Crippen LogP contribution is 2.21. The lowest BCUT2D eigenvalue weighted by Gasteiger charge is -2.27. The Morgan fingerprint density at radius 1 is 1.05 bits per heavy atom. The van der Waals surface area contributed by atoms with Crippen molar-refractivity contribution in [1.82, 2.24) is 5.32 Å². The Kier molecular flexibility index (Phi) is 5.64. The quantitative estimate of drug-likeness (QED) is 0.842. The molecule has 2 rings (SSSR count). The zero-order valence-corrected chi connectivity index (χ0v) is 13.0. The zero-order chi connectivity index (χ0) is 15.1. The average molecular weight is 284 g/mol. The summed E-state index contributed by atoms with van der Waals surface area (Å²) in [5.41, 5.74) is 2.51. The molecule has 0 radical (unpaired) electrons. The van der Waals surface area contributed by atoms with Gasteiger partial charge in [0, 0.05) is 25.3 Å². The van der Waals surface area contributed by atoms with Gasteiger partial charge in [-0.25, -0.2) is 0 Å². The lowest BCUT2D eigenvalue weighted by Crippen LogP contribution is -2.33. The van der Waals surface area contributed by atoms with Gasteiger partial charge in [-0.05, 0) is 36.4 Å². The van der Waals surface area contributed by atoms with Gasteiger partial charge < -0.3 is 15.0 Å². The van der Waals surface area contributed by atoms with Crippen molar-refractivity contribution in [2.75, 3.05) is 32.1 Å². The second-order valence-corrected chi connectivity index (χ2v) is 5.10. The van der Waals surface area contributed by atoms with Gasteiger partial charge in [-0.2, -0.15) is 0 Å². The van der Waals surface area contributed by atoms with Gasteiger partial charge in [0.15, 0.2) is 0 Å². The molecular weight excluding hydrogens is 260 g/mol. The fourth-order valence-electron chi connectivity index (χ4n) is 2.44. The molecule has 1 atom stereocenters. The SMILES string of the molecule is CCNC(CN(C)c1ccc(OC)cc1)c1ccccc1. The summed E-state index contributed by atoms with van der Waals surface area (Å²) in [6.07, 6.45) is 0. The molecular formula is C18H24N2O. The molecule has 0 spiro atoms. The Hall–Kier alpha value is -2.00. The summed E-state index contributed by atoms with van der Waals surface area (Å²) in [4.78, 5) is 2.26. The second kappa shape index (κ2) is 7.70. The van der Waals surface area contributed by atoms with Crippen LogP contribution in [0.3, 0.4) is 0 Å². The number of likely N-dealkylation sites (N-methyl/N-ethyl adjacent to an activating group) is 2. The first-order valence-electron chi connectivity index (χ1n) is 7.38. The van der Waals surface area contributed by atoms with E-state index in [2.05, 4.69) is 66.7 Å². The first kappa shape index (κ1) is 15.4. The Morgan fingerprint density at radius 2 is 1.71 bits per heavy atom. The van der Waals surface area contributed by atoms with Crippen LogP contribution in [0.25, 0.3) is 0 Å². The van der Waals surface area contributed by atoms with Gasteiger partial charge in [0.05, 0.1) is 7.11 Å². The van der Waals surface area contributed by atoms with Crippen LogP contribution in [0, 0.1) is 0 Å². The Morgan fingerprint density at radius 3 is 2.29 bits per heavy atom. The molecule has 3 nitrogen and oxygen atoms in total. The third-order valence-corrected chi connectivity index (χ3v) is 3.62. The minimum Gasteiger partial charge on any atom is -0.497 e. The molecule has 2 aromatic carbocycles. The number of nitrogens with one attached hydrogen (secondary N) is 1. The molecule has 0 aliphatic rings. The highest BCUT2D eigenvalue weighted by Gasteiger charge is 2.13. The number of benzene rings is 2. The van der Waals surface area contributed by atoms with Crippen molar-refractivity contribution in [1.29, 1.82) is 0 Å². The lowest BCUT2D eigenvalue weighted by molar-refractivity contribution is 0.415. The molecule has 0 bridgehead atoms. The molecule has 3 heteroatoms. The molecule has 0 saturated heterocycles. The molecule has 0 aliphatic carbocycles. The highest BCUT2D eigenvalue weighted by atomic mass is 16.5. The average Bonchev–Trinajstić information content (AvgIpc) is 2.55. The fraction of sp³-hybridized carbons (Fsp3) is 0.333. The van der Waals surface area contributed by atoms with E-state index in [0.29, 0.717) is 6.04 Å². The van der Waals surface area contributed by atoms with Crippen LogP contribution in [-0.2, 0) is 0 Å². The lowest BCUT2D eigenvalue weighted by atomic mass is 10.1. The van der Waals surface area contributed by atoms with Crippen molar-refractivity contribution in [3.05, 3.63) is 60.2 Å². The van der Waals surface area contributed by atoms with Crippen molar-refractivity contribution in [2.45, 2.75) is 13.0 Å². The molecule has 21 heavy (non-hydrogen) atoms. The molecule has 0 amide bonds. The summed E-state index contributed by atoms with van der Waals surface area (Å²) in [7, 11) is 3.81. The van der Waals surface area contributed by atoms with Crippen LogP contribution in [0.5, 0.6) is 5.75 Å². The monoisotopic (exact) mass is 284 g/mol. The number of hydrogen-bond acceptors (Lipinski definition) is 3. The van der Waals surface area contributed by atoms with Crippen molar-refractivity contribution in [3.63, 3.8) is 0 Å². The summed E-state index contributed by atoms with van der Waals surface area (Å²) in [5.74, 6) is 0.887. The van der Waals surface area contributed by atoms with E-state index >= 15 is 0 Å². The normalized spacial score (nSPS) is 12.0. The van der Waals surface area contributed by atoms with Crippen LogP contribution in [0.1, 0.15) is 18.5 Å². The van der Waals surface area contributed by atoms with Crippen LogP contribution >= 0.6 is 0 Å². The number of ether oxygens (including phenoxy) is 1. The Balaban J connectivity index is 2.08. The molecule has 0 heterocycles. The fourth-order valence-corrected chi connectivity index (χ4v) is 2.44. The largest absolute Gasteiger partial charge is 0.497 e. The molecule has 1 N–H and O–H groups in total. The number of methoxy groups -OCH3 is 1. The van der Waals surface area contributed by atoms with Crippen molar-refractivity contribution in [2.24, 2.45) is 0 Å². The Bertz CT molecular complexity index is 525. The molecule has 1 unspecified atom stereocenters. The van der Waals surface area contributed by atoms with E-state index in [1.165, 1.54) is 11.3 Å². The summed E-state index contributed by atoms with van der Waals surface area (Å²) >= 11 is 0.